The highest BCUT2D eigenvalue weighted by atomic mass is 19.1. The minimum absolute atomic E-state index is 0.0586. The van der Waals surface area contributed by atoms with E-state index in [1.165, 1.54) is 12.1 Å². The first-order chi connectivity index (χ1) is 8.67. The van der Waals surface area contributed by atoms with Gasteiger partial charge in [0.2, 0.25) is 0 Å². The molecule has 0 saturated heterocycles. The molecule has 100 valence electrons. The van der Waals surface area contributed by atoms with Crippen LogP contribution in [0.15, 0.2) is 18.2 Å². The molecule has 0 spiro atoms. The van der Waals surface area contributed by atoms with Gasteiger partial charge in [-0.1, -0.05) is 13.0 Å². The van der Waals surface area contributed by atoms with Gasteiger partial charge in [-0.25, -0.2) is 9.18 Å². The van der Waals surface area contributed by atoms with Gasteiger partial charge in [-0.15, -0.1) is 0 Å². The van der Waals surface area contributed by atoms with E-state index >= 15 is 0 Å². The van der Waals surface area contributed by atoms with E-state index in [0.717, 1.165) is 12.1 Å². The van der Waals surface area contributed by atoms with E-state index in [1.807, 2.05) is 6.92 Å². The monoisotopic (exact) mass is 255 g/mol. The highest BCUT2D eigenvalue weighted by molar-refractivity contribution is 5.71. The van der Waals surface area contributed by atoms with Gasteiger partial charge < -0.3 is 14.8 Å². The quantitative estimate of drug-likeness (QED) is 0.756. The molecule has 5 heteroatoms. The molecule has 0 aliphatic heterocycles. The predicted octanol–water partition coefficient (Wildman–Crippen LogP) is 1.88. The van der Waals surface area contributed by atoms with Crippen LogP contribution < -0.4 is 10.1 Å². The summed E-state index contributed by atoms with van der Waals surface area (Å²) in [6, 6.07) is 4.66. The maximum atomic E-state index is 13.6. The molecular formula is C13H18FNO3. The van der Waals surface area contributed by atoms with Gasteiger partial charge in [0.25, 0.3) is 0 Å². The fraction of sp³-hybridized carbons (Fsp3) is 0.462. The summed E-state index contributed by atoms with van der Waals surface area (Å²) in [5.74, 6) is -0.924. The van der Waals surface area contributed by atoms with E-state index < -0.39 is 11.8 Å². The molecule has 0 atom stereocenters. The molecule has 0 unspecified atom stereocenters. The minimum atomic E-state index is -0.506. The summed E-state index contributed by atoms with van der Waals surface area (Å²) in [7, 11) is 0. The Kier molecular flexibility index (Phi) is 6.14. The number of carbonyl (C=O) groups is 1. The fourth-order valence-electron chi connectivity index (χ4n) is 1.38. The molecule has 4 nitrogen and oxygen atoms in total. The molecule has 1 rings (SSSR count). The number of ether oxygens (including phenoxy) is 2. The van der Waals surface area contributed by atoms with Crippen LogP contribution in [0.3, 0.4) is 0 Å². The Labute approximate surface area is 106 Å². The van der Waals surface area contributed by atoms with Gasteiger partial charge in [-0.3, -0.25) is 0 Å². The number of esters is 1. The molecule has 1 aromatic carbocycles. The molecule has 0 aromatic heterocycles. The maximum Gasteiger partial charge on any atom is 0.344 e. The standard InChI is InChI=1S/C13H18FNO3/c1-3-15-8-10-5-6-12(11(14)7-10)18-9-13(16)17-4-2/h5-7,15H,3-4,8-9H2,1-2H3. The zero-order chi connectivity index (χ0) is 13.4. The Morgan fingerprint density at radius 1 is 1.39 bits per heavy atom. The van der Waals surface area contributed by atoms with Crippen molar-refractivity contribution < 1.29 is 18.7 Å². The van der Waals surface area contributed by atoms with Crippen molar-refractivity contribution in [1.29, 1.82) is 0 Å². The third-order valence-electron chi connectivity index (χ3n) is 2.23. The van der Waals surface area contributed by atoms with Crippen molar-refractivity contribution in [2.24, 2.45) is 0 Å². The summed E-state index contributed by atoms with van der Waals surface area (Å²) in [6.07, 6.45) is 0. The summed E-state index contributed by atoms with van der Waals surface area (Å²) in [5, 5.41) is 3.10. The van der Waals surface area contributed by atoms with E-state index in [1.54, 1.807) is 13.0 Å². The molecule has 0 amide bonds. The number of halogens is 1. The van der Waals surface area contributed by atoms with Gasteiger partial charge in [-0.05, 0) is 31.2 Å². The van der Waals surface area contributed by atoms with Crippen molar-refractivity contribution in [3.05, 3.63) is 29.6 Å². The van der Waals surface area contributed by atoms with Crippen LogP contribution in [-0.4, -0.2) is 25.7 Å². The summed E-state index contributed by atoms with van der Waals surface area (Å²) < 4.78 is 23.3. The average Bonchev–Trinajstić information content (AvgIpc) is 2.35. The average molecular weight is 255 g/mol. The van der Waals surface area contributed by atoms with Crippen molar-refractivity contribution >= 4 is 5.97 Å². The molecular weight excluding hydrogens is 237 g/mol. The number of nitrogens with one attached hydrogen (secondary N) is 1. The van der Waals surface area contributed by atoms with Crippen LogP contribution in [-0.2, 0) is 16.1 Å². The molecule has 0 heterocycles. The summed E-state index contributed by atoms with van der Waals surface area (Å²) >= 11 is 0. The van der Waals surface area contributed by atoms with E-state index in [4.69, 9.17) is 4.74 Å². The maximum absolute atomic E-state index is 13.6. The summed E-state index contributed by atoms with van der Waals surface area (Å²) in [6.45, 7) is 5.11. The van der Waals surface area contributed by atoms with Gasteiger partial charge in [0.1, 0.15) is 0 Å². The van der Waals surface area contributed by atoms with Crippen LogP contribution in [0.25, 0.3) is 0 Å². The van der Waals surface area contributed by atoms with Crippen molar-refractivity contribution in [2.75, 3.05) is 19.8 Å². The second-order valence-electron chi connectivity index (χ2n) is 3.64. The second-order valence-corrected chi connectivity index (χ2v) is 3.64. The molecule has 0 aliphatic carbocycles. The van der Waals surface area contributed by atoms with E-state index in [9.17, 15) is 9.18 Å². The second kappa shape index (κ2) is 7.66. The SMILES string of the molecule is CCNCc1ccc(OCC(=O)OCC)c(F)c1. The van der Waals surface area contributed by atoms with Crippen LogP contribution in [0.1, 0.15) is 19.4 Å². The summed E-state index contributed by atoms with van der Waals surface area (Å²) in [4.78, 5) is 11.1. The molecule has 1 aromatic rings. The highest BCUT2D eigenvalue weighted by Crippen LogP contribution is 2.18. The van der Waals surface area contributed by atoms with Gasteiger partial charge in [0.05, 0.1) is 6.61 Å². The normalized spacial score (nSPS) is 10.2. The zero-order valence-electron chi connectivity index (χ0n) is 10.7. The van der Waals surface area contributed by atoms with Crippen molar-refractivity contribution in [2.45, 2.75) is 20.4 Å². The molecule has 18 heavy (non-hydrogen) atoms. The van der Waals surface area contributed by atoms with Gasteiger partial charge in [-0.2, -0.15) is 0 Å². The van der Waals surface area contributed by atoms with E-state index in [2.05, 4.69) is 10.1 Å². The topological polar surface area (TPSA) is 47.6 Å². The van der Waals surface area contributed by atoms with E-state index in [-0.39, 0.29) is 19.0 Å². The number of hydrogen-bond donors (Lipinski definition) is 1. The Bertz CT molecular complexity index is 396. The predicted molar refractivity (Wildman–Crippen MR) is 65.9 cm³/mol. The lowest BCUT2D eigenvalue weighted by molar-refractivity contribution is -0.145. The Hall–Kier alpha value is -1.62. The van der Waals surface area contributed by atoms with E-state index in [0.29, 0.717) is 6.54 Å². The van der Waals surface area contributed by atoms with Gasteiger partial charge >= 0.3 is 5.97 Å². The third-order valence-corrected chi connectivity index (χ3v) is 2.23. The molecule has 0 saturated carbocycles. The molecule has 1 N–H and O–H groups in total. The van der Waals surface area contributed by atoms with Crippen LogP contribution in [0.4, 0.5) is 4.39 Å². The van der Waals surface area contributed by atoms with Crippen LogP contribution >= 0.6 is 0 Å². The largest absolute Gasteiger partial charge is 0.479 e. The molecule has 0 aliphatic rings. The minimum Gasteiger partial charge on any atom is -0.479 e. The number of benzene rings is 1. The Morgan fingerprint density at radius 3 is 2.78 bits per heavy atom. The Morgan fingerprint density at radius 2 is 2.17 bits per heavy atom. The first-order valence-corrected chi connectivity index (χ1v) is 5.95. The number of rotatable bonds is 7. The highest BCUT2D eigenvalue weighted by Gasteiger charge is 2.08. The zero-order valence-corrected chi connectivity index (χ0v) is 10.7. The van der Waals surface area contributed by atoms with Crippen LogP contribution in [0.2, 0.25) is 0 Å². The first-order valence-electron chi connectivity index (χ1n) is 5.95. The molecule has 0 fully saturated rings. The lowest BCUT2D eigenvalue weighted by Crippen LogP contribution is -2.15. The van der Waals surface area contributed by atoms with Crippen molar-refractivity contribution in [1.82, 2.24) is 5.32 Å². The van der Waals surface area contributed by atoms with Gasteiger partial charge in [0, 0.05) is 6.54 Å². The third kappa shape index (κ3) is 4.71. The van der Waals surface area contributed by atoms with Crippen molar-refractivity contribution in [3.8, 4) is 5.75 Å². The van der Waals surface area contributed by atoms with Crippen molar-refractivity contribution in [3.63, 3.8) is 0 Å². The van der Waals surface area contributed by atoms with Crippen LogP contribution in [0.5, 0.6) is 5.75 Å². The summed E-state index contributed by atoms with van der Waals surface area (Å²) in [5.41, 5.74) is 0.831. The number of carbonyl (C=O) groups excluding carboxylic acids is 1. The molecule has 0 bridgehead atoms. The fourth-order valence-corrected chi connectivity index (χ4v) is 1.38. The van der Waals surface area contributed by atoms with Gasteiger partial charge in [0.15, 0.2) is 18.2 Å². The van der Waals surface area contributed by atoms with Crippen LogP contribution in [0, 0.1) is 5.82 Å². The lowest BCUT2D eigenvalue weighted by Gasteiger charge is -2.08. The Balaban J connectivity index is 2.54. The number of hydrogen-bond acceptors (Lipinski definition) is 4. The lowest BCUT2D eigenvalue weighted by atomic mass is 10.2. The first kappa shape index (κ1) is 14.4. The molecule has 0 radical (unpaired) electrons. The smallest absolute Gasteiger partial charge is 0.344 e.